The van der Waals surface area contributed by atoms with Crippen LogP contribution in [0, 0.1) is 11.2 Å². The standard InChI is InChI=1S/C15H20FN/c1-15(6-7-15)10-17-12-8-11(9-12)13-4-2-3-5-14(13)16/h2-5,11-12,17H,6-10H2,1H3. The molecule has 2 aliphatic carbocycles. The van der Waals surface area contributed by atoms with E-state index in [0.717, 1.165) is 24.9 Å². The molecule has 2 saturated carbocycles. The van der Waals surface area contributed by atoms with Gasteiger partial charge in [0.15, 0.2) is 0 Å². The van der Waals surface area contributed by atoms with Crippen molar-refractivity contribution >= 4 is 0 Å². The van der Waals surface area contributed by atoms with E-state index in [0.29, 0.717) is 17.4 Å². The maximum atomic E-state index is 13.6. The van der Waals surface area contributed by atoms with E-state index in [2.05, 4.69) is 12.2 Å². The zero-order valence-corrected chi connectivity index (χ0v) is 10.4. The van der Waals surface area contributed by atoms with Crippen LogP contribution in [0.1, 0.15) is 44.1 Å². The van der Waals surface area contributed by atoms with Crippen molar-refractivity contribution in [3.8, 4) is 0 Å². The Morgan fingerprint density at radius 3 is 2.65 bits per heavy atom. The molecule has 0 bridgehead atoms. The van der Waals surface area contributed by atoms with E-state index in [1.165, 1.54) is 12.8 Å². The predicted molar refractivity (Wildman–Crippen MR) is 67.5 cm³/mol. The second kappa shape index (κ2) is 4.09. The van der Waals surface area contributed by atoms with E-state index in [1.807, 2.05) is 12.1 Å². The normalized spacial score (nSPS) is 29.8. The summed E-state index contributed by atoms with van der Waals surface area (Å²) < 4.78 is 13.6. The Hall–Kier alpha value is -0.890. The molecule has 2 aliphatic rings. The molecule has 0 heterocycles. The molecule has 1 aromatic rings. The maximum Gasteiger partial charge on any atom is 0.126 e. The van der Waals surface area contributed by atoms with Gasteiger partial charge in [0.05, 0.1) is 0 Å². The highest BCUT2D eigenvalue weighted by Gasteiger charge is 2.39. The number of nitrogens with one attached hydrogen (secondary N) is 1. The molecule has 0 atom stereocenters. The van der Waals surface area contributed by atoms with Crippen LogP contribution >= 0.6 is 0 Å². The summed E-state index contributed by atoms with van der Waals surface area (Å²) in [5.74, 6) is 0.394. The summed E-state index contributed by atoms with van der Waals surface area (Å²) in [5, 5.41) is 3.62. The highest BCUT2D eigenvalue weighted by atomic mass is 19.1. The first kappa shape index (κ1) is 11.2. The number of benzene rings is 1. The molecule has 17 heavy (non-hydrogen) atoms. The average Bonchev–Trinajstić information content (AvgIpc) is 2.97. The Bertz CT molecular complexity index is 405. The minimum Gasteiger partial charge on any atom is -0.313 e. The molecule has 2 heteroatoms. The molecule has 0 radical (unpaired) electrons. The Morgan fingerprint density at radius 1 is 1.29 bits per heavy atom. The van der Waals surface area contributed by atoms with Crippen molar-refractivity contribution in [3.05, 3.63) is 35.6 Å². The summed E-state index contributed by atoms with van der Waals surface area (Å²) >= 11 is 0. The zero-order valence-electron chi connectivity index (χ0n) is 10.4. The minimum atomic E-state index is -0.0369. The van der Waals surface area contributed by atoms with Gasteiger partial charge < -0.3 is 5.32 Å². The summed E-state index contributed by atoms with van der Waals surface area (Å²) in [7, 11) is 0. The lowest BCUT2D eigenvalue weighted by molar-refractivity contribution is 0.270. The molecular formula is C15H20FN. The van der Waals surface area contributed by atoms with Crippen LogP contribution in [0.4, 0.5) is 4.39 Å². The fourth-order valence-corrected chi connectivity index (χ4v) is 2.63. The van der Waals surface area contributed by atoms with Gasteiger partial charge in [0.2, 0.25) is 0 Å². The van der Waals surface area contributed by atoms with Gasteiger partial charge in [0.1, 0.15) is 5.82 Å². The van der Waals surface area contributed by atoms with Gasteiger partial charge in [-0.3, -0.25) is 0 Å². The third-order valence-corrected chi connectivity index (χ3v) is 4.40. The maximum absolute atomic E-state index is 13.6. The summed E-state index contributed by atoms with van der Waals surface area (Å²) in [6.45, 7) is 3.48. The second-order valence-electron chi connectivity index (χ2n) is 6.08. The van der Waals surface area contributed by atoms with Gasteiger partial charge in [-0.25, -0.2) is 4.39 Å². The van der Waals surface area contributed by atoms with Gasteiger partial charge in [-0.15, -0.1) is 0 Å². The molecule has 3 rings (SSSR count). The second-order valence-corrected chi connectivity index (χ2v) is 6.08. The number of hydrogen-bond donors (Lipinski definition) is 1. The zero-order chi connectivity index (χ0) is 11.9. The van der Waals surface area contributed by atoms with E-state index in [-0.39, 0.29) is 5.82 Å². The van der Waals surface area contributed by atoms with Crippen LogP contribution in [-0.2, 0) is 0 Å². The smallest absolute Gasteiger partial charge is 0.126 e. The van der Waals surface area contributed by atoms with Gasteiger partial charge in [0.25, 0.3) is 0 Å². The van der Waals surface area contributed by atoms with Crippen molar-refractivity contribution < 1.29 is 4.39 Å². The first-order valence-corrected chi connectivity index (χ1v) is 6.64. The third kappa shape index (κ3) is 2.37. The number of hydrogen-bond acceptors (Lipinski definition) is 1. The predicted octanol–water partition coefficient (Wildman–Crippen LogP) is 3.46. The van der Waals surface area contributed by atoms with Gasteiger partial charge in [-0.1, -0.05) is 25.1 Å². The summed E-state index contributed by atoms with van der Waals surface area (Å²) in [4.78, 5) is 0. The van der Waals surface area contributed by atoms with Crippen molar-refractivity contribution in [2.24, 2.45) is 5.41 Å². The lowest BCUT2D eigenvalue weighted by atomic mass is 9.75. The molecule has 1 nitrogen and oxygen atoms in total. The van der Waals surface area contributed by atoms with Crippen LogP contribution in [-0.4, -0.2) is 12.6 Å². The van der Waals surface area contributed by atoms with Gasteiger partial charge in [-0.05, 0) is 48.6 Å². The van der Waals surface area contributed by atoms with Crippen LogP contribution in [0.5, 0.6) is 0 Å². The van der Waals surface area contributed by atoms with Crippen molar-refractivity contribution in [3.63, 3.8) is 0 Å². The summed E-state index contributed by atoms with van der Waals surface area (Å²) in [6, 6.07) is 7.81. The topological polar surface area (TPSA) is 12.0 Å². The first-order valence-electron chi connectivity index (χ1n) is 6.64. The van der Waals surface area contributed by atoms with E-state index in [4.69, 9.17) is 0 Å². The van der Waals surface area contributed by atoms with Gasteiger partial charge in [-0.2, -0.15) is 0 Å². The van der Waals surface area contributed by atoms with E-state index in [9.17, 15) is 4.39 Å². The SMILES string of the molecule is CC1(CNC2CC(c3ccccc3F)C2)CC1. The fourth-order valence-electron chi connectivity index (χ4n) is 2.63. The van der Waals surface area contributed by atoms with Gasteiger partial charge in [0, 0.05) is 12.6 Å². The molecular weight excluding hydrogens is 213 g/mol. The molecule has 0 saturated heterocycles. The van der Waals surface area contributed by atoms with Gasteiger partial charge >= 0.3 is 0 Å². The molecule has 0 unspecified atom stereocenters. The number of rotatable bonds is 4. The minimum absolute atomic E-state index is 0.0369. The number of halogens is 1. The highest BCUT2D eigenvalue weighted by molar-refractivity contribution is 5.24. The Morgan fingerprint density at radius 2 is 2.00 bits per heavy atom. The molecule has 92 valence electrons. The average molecular weight is 233 g/mol. The fraction of sp³-hybridized carbons (Fsp3) is 0.600. The van der Waals surface area contributed by atoms with E-state index in [1.54, 1.807) is 12.1 Å². The van der Waals surface area contributed by atoms with E-state index < -0.39 is 0 Å². The Labute approximate surface area is 102 Å². The lowest BCUT2D eigenvalue weighted by Gasteiger charge is -2.37. The largest absolute Gasteiger partial charge is 0.313 e. The first-order chi connectivity index (χ1) is 8.16. The highest BCUT2D eigenvalue weighted by Crippen LogP contribution is 2.45. The third-order valence-electron chi connectivity index (χ3n) is 4.40. The molecule has 2 fully saturated rings. The lowest BCUT2D eigenvalue weighted by Crippen LogP contribution is -2.42. The van der Waals surface area contributed by atoms with E-state index >= 15 is 0 Å². The molecule has 1 N–H and O–H groups in total. The van der Waals surface area contributed by atoms with Crippen molar-refractivity contribution in [1.29, 1.82) is 0 Å². The van der Waals surface area contributed by atoms with Crippen LogP contribution in [0.15, 0.2) is 24.3 Å². The van der Waals surface area contributed by atoms with Crippen LogP contribution < -0.4 is 5.32 Å². The monoisotopic (exact) mass is 233 g/mol. The molecule has 1 aromatic carbocycles. The van der Waals surface area contributed by atoms with Crippen molar-refractivity contribution in [2.75, 3.05) is 6.54 Å². The Balaban J connectivity index is 1.49. The molecule has 0 aliphatic heterocycles. The molecule has 0 amide bonds. The summed E-state index contributed by atoms with van der Waals surface area (Å²) in [6.07, 6.45) is 4.92. The van der Waals surface area contributed by atoms with Crippen LogP contribution in [0.3, 0.4) is 0 Å². The molecule has 0 aromatic heterocycles. The molecule has 0 spiro atoms. The van der Waals surface area contributed by atoms with Crippen molar-refractivity contribution in [1.82, 2.24) is 5.32 Å². The quantitative estimate of drug-likeness (QED) is 0.839. The van der Waals surface area contributed by atoms with Crippen LogP contribution in [0.2, 0.25) is 0 Å². The Kier molecular flexibility index (Phi) is 2.70. The van der Waals surface area contributed by atoms with Crippen molar-refractivity contribution in [2.45, 2.75) is 44.6 Å². The van der Waals surface area contributed by atoms with Crippen LogP contribution in [0.25, 0.3) is 0 Å². The summed E-state index contributed by atoms with van der Waals surface area (Å²) in [5.41, 5.74) is 1.48.